The van der Waals surface area contributed by atoms with Crippen LogP contribution in [0.5, 0.6) is 0 Å². The van der Waals surface area contributed by atoms with E-state index in [9.17, 15) is 4.79 Å². The molecular weight excluding hydrogens is 278 g/mol. The van der Waals surface area contributed by atoms with Gasteiger partial charge in [0.1, 0.15) is 17.5 Å². The first-order valence-corrected chi connectivity index (χ1v) is 7.57. The lowest BCUT2D eigenvalue weighted by Crippen LogP contribution is -2.09. The van der Waals surface area contributed by atoms with Crippen LogP contribution < -0.4 is 5.32 Å². The van der Waals surface area contributed by atoms with Crippen molar-refractivity contribution >= 4 is 23.5 Å². The summed E-state index contributed by atoms with van der Waals surface area (Å²) in [5.41, 5.74) is 0. The number of esters is 1. The molecular formula is C13H21N3O3S. The summed E-state index contributed by atoms with van der Waals surface area (Å²) in [5, 5.41) is 3.95. The van der Waals surface area contributed by atoms with E-state index in [2.05, 4.69) is 22.2 Å². The van der Waals surface area contributed by atoms with Crippen molar-refractivity contribution in [3.8, 4) is 0 Å². The quantitative estimate of drug-likeness (QED) is 0.425. The number of rotatable bonds is 9. The number of aromatic nitrogens is 2. The predicted octanol–water partition coefficient (Wildman–Crippen LogP) is 2.10. The number of hydrogen-bond donors (Lipinski definition) is 1. The summed E-state index contributed by atoms with van der Waals surface area (Å²) in [6.07, 6.45) is 1.01. The largest absolute Gasteiger partial charge is 0.465 e. The highest BCUT2D eigenvalue weighted by Crippen LogP contribution is 2.19. The van der Waals surface area contributed by atoms with E-state index in [0.717, 1.165) is 23.8 Å². The lowest BCUT2D eigenvalue weighted by atomic mass is 10.4. The van der Waals surface area contributed by atoms with Gasteiger partial charge in [-0.3, -0.25) is 4.79 Å². The number of hydrogen-bond acceptors (Lipinski definition) is 7. The SMILES string of the molecule is CCCNc1cc(SCC(=O)OCC)nc(COC)n1. The molecule has 1 heterocycles. The van der Waals surface area contributed by atoms with E-state index in [1.165, 1.54) is 11.8 Å². The van der Waals surface area contributed by atoms with Gasteiger partial charge in [-0.25, -0.2) is 9.97 Å². The summed E-state index contributed by atoms with van der Waals surface area (Å²) < 4.78 is 9.95. The summed E-state index contributed by atoms with van der Waals surface area (Å²) in [4.78, 5) is 20.0. The zero-order valence-corrected chi connectivity index (χ0v) is 13.0. The number of carbonyl (C=O) groups excluding carboxylic acids is 1. The van der Waals surface area contributed by atoms with Gasteiger partial charge in [0, 0.05) is 19.7 Å². The van der Waals surface area contributed by atoms with Crippen molar-refractivity contribution < 1.29 is 14.3 Å². The van der Waals surface area contributed by atoms with Gasteiger partial charge in [-0.15, -0.1) is 0 Å². The van der Waals surface area contributed by atoms with Gasteiger partial charge < -0.3 is 14.8 Å². The van der Waals surface area contributed by atoms with Crippen LogP contribution in [0.3, 0.4) is 0 Å². The Morgan fingerprint density at radius 3 is 2.85 bits per heavy atom. The second kappa shape index (κ2) is 9.55. The first kappa shape index (κ1) is 16.7. The predicted molar refractivity (Wildman–Crippen MR) is 78.9 cm³/mol. The summed E-state index contributed by atoms with van der Waals surface area (Å²) in [7, 11) is 1.60. The first-order chi connectivity index (χ1) is 9.69. The Balaban J connectivity index is 2.71. The van der Waals surface area contributed by atoms with E-state index in [1.807, 2.05) is 6.07 Å². The summed E-state index contributed by atoms with van der Waals surface area (Å²) >= 11 is 1.33. The van der Waals surface area contributed by atoms with E-state index in [0.29, 0.717) is 19.0 Å². The molecule has 1 N–H and O–H groups in total. The molecule has 0 amide bonds. The van der Waals surface area contributed by atoms with Crippen LogP contribution in [0.15, 0.2) is 11.1 Å². The first-order valence-electron chi connectivity index (χ1n) is 6.58. The van der Waals surface area contributed by atoms with Gasteiger partial charge in [0.15, 0.2) is 5.82 Å². The average Bonchev–Trinajstić information content (AvgIpc) is 2.43. The zero-order chi connectivity index (χ0) is 14.8. The number of nitrogens with zero attached hydrogens (tertiary/aromatic N) is 2. The number of ether oxygens (including phenoxy) is 2. The Hall–Kier alpha value is -1.34. The minimum absolute atomic E-state index is 0.241. The van der Waals surface area contributed by atoms with Crippen LogP contribution in [-0.2, 0) is 20.9 Å². The van der Waals surface area contributed by atoms with Crippen LogP contribution in [0.2, 0.25) is 0 Å². The van der Waals surface area contributed by atoms with Gasteiger partial charge >= 0.3 is 5.97 Å². The molecule has 20 heavy (non-hydrogen) atoms. The van der Waals surface area contributed by atoms with Gasteiger partial charge in [0.2, 0.25) is 0 Å². The van der Waals surface area contributed by atoms with E-state index in [4.69, 9.17) is 9.47 Å². The Labute approximate surface area is 123 Å². The maximum Gasteiger partial charge on any atom is 0.316 e. The molecule has 112 valence electrons. The van der Waals surface area contributed by atoms with Crippen molar-refractivity contribution in [1.82, 2.24) is 9.97 Å². The molecule has 0 spiro atoms. The fraction of sp³-hybridized carbons (Fsp3) is 0.615. The number of nitrogens with one attached hydrogen (secondary N) is 1. The third-order valence-corrected chi connectivity index (χ3v) is 3.11. The molecule has 0 bridgehead atoms. The lowest BCUT2D eigenvalue weighted by molar-refractivity contribution is -0.139. The molecule has 0 radical (unpaired) electrons. The smallest absolute Gasteiger partial charge is 0.316 e. The molecule has 0 aliphatic rings. The van der Waals surface area contributed by atoms with Crippen LogP contribution in [0.4, 0.5) is 5.82 Å². The molecule has 1 rings (SSSR count). The number of carbonyl (C=O) groups is 1. The van der Waals surface area contributed by atoms with E-state index >= 15 is 0 Å². The number of methoxy groups -OCH3 is 1. The van der Waals surface area contributed by atoms with Crippen molar-refractivity contribution in [2.45, 2.75) is 31.9 Å². The third-order valence-electron chi connectivity index (χ3n) is 2.22. The van der Waals surface area contributed by atoms with Crippen LogP contribution in [-0.4, -0.2) is 42.0 Å². The topological polar surface area (TPSA) is 73.3 Å². The molecule has 0 aliphatic carbocycles. The van der Waals surface area contributed by atoms with Crippen molar-refractivity contribution in [1.29, 1.82) is 0 Å². The number of anilines is 1. The fourth-order valence-electron chi connectivity index (χ4n) is 1.42. The molecule has 1 aromatic heterocycles. The van der Waals surface area contributed by atoms with Crippen molar-refractivity contribution in [2.24, 2.45) is 0 Å². The summed E-state index contributed by atoms with van der Waals surface area (Å²) in [5.74, 6) is 1.34. The van der Waals surface area contributed by atoms with Crippen LogP contribution in [0.25, 0.3) is 0 Å². The van der Waals surface area contributed by atoms with E-state index in [1.54, 1.807) is 14.0 Å². The monoisotopic (exact) mass is 299 g/mol. The van der Waals surface area contributed by atoms with Gasteiger partial charge in [-0.1, -0.05) is 18.7 Å². The third kappa shape index (κ3) is 6.21. The molecule has 0 unspecified atom stereocenters. The summed E-state index contributed by atoms with van der Waals surface area (Å²) in [6, 6.07) is 1.83. The van der Waals surface area contributed by atoms with Gasteiger partial charge in [0.05, 0.1) is 12.4 Å². The van der Waals surface area contributed by atoms with Crippen LogP contribution in [0.1, 0.15) is 26.1 Å². The van der Waals surface area contributed by atoms with Crippen molar-refractivity contribution in [2.75, 3.05) is 31.3 Å². The Bertz CT molecular complexity index is 429. The maximum absolute atomic E-state index is 11.4. The average molecular weight is 299 g/mol. The molecule has 7 heteroatoms. The summed E-state index contributed by atoms with van der Waals surface area (Å²) in [6.45, 7) is 5.44. The second-order valence-electron chi connectivity index (χ2n) is 3.96. The standard InChI is InChI=1S/C13H21N3O3S/c1-4-6-14-10-7-12(16-11(15-10)8-18-3)20-9-13(17)19-5-2/h7H,4-6,8-9H2,1-3H3,(H,14,15,16). The van der Waals surface area contributed by atoms with Crippen molar-refractivity contribution in [3.63, 3.8) is 0 Å². The Kier molecular flexibility index (Phi) is 7.98. The minimum Gasteiger partial charge on any atom is -0.465 e. The molecule has 6 nitrogen and oxygen atoms in total. The molecule has 0 saturated heterocycles. The van der Waals surface area contributed by atoms with E-state index in [-0.39, 0.29) is 11.7 Å². The molecule has 0 atom stereocenters. The highest BCUT2D eigenvalue weighted by Gasteiger charge is 2.08. The highest BCUT2D eigenvalue weighted by atomic mass is 32.2. The maximum atomic E-state index is 11.4. The molecule has 0 aliphatic heterocycles. The molecule has 1 aromatic rings. The second-order valence-corrected chi connectivity index (χ2v) is 4.96. The lowest BCUT2D eigenvalue weighted by Gasteiger charge is -2.08. The van der Waals surface area contributed by atoms with Crippen LogP contribution in [0, 0.1) is 0 Å². The fourth-order valence-corrected chi connectivity index (χ4v) is 2.13. The van der Waals surface area contributed by atoms with Gasteiger partial charge in [-0.05, 0) is 13.3 Å². The van der Waals surface area contributed by atoms with Crippen LogP contribution >= 0.6 is 11.8 Å². The van der Waals surface area contributed by atoms with Gasteiger partial charge in [0.25, 0.3) is 0 Å². The normalized spacial score (nSPS) is 10.3. The van der Waals surface area contributed by atoms with Crippen molar-refractivity contribution in [3.05, 3.63) is 11.9 Å². The highest BCUT2D eigenvalue weighted by molar-refractivity contribution is 7.99. The molecule has 0 fully saturated rings. The number of thioether (sulfide) groups is 1. The zero-order valence-electron chi connectivity index (χ0n) is 12.1. The van der Waals surface area contributed by atoms with E-state index < -0.39 is 0 Å². The van der Waals surface area contributed by atoms with Gasteiger partial charge in [-0.2, -0.15) is 0 Å². The molecule has 0 aromatic carbocycles. The Morgan fingerprint density at radius 2 is 2.20 bits per heavy atom. The Morgan fingerprint density at radius 1 is 1.40 bits per heavy atom. The molecule has 0 saturated carbocycles. The minimum atomic E-state index is -0.243.